The lowest BCUT2D eigenvalue weighted by atomic mass is 10.1. The average molecular weight is 311 g/mol. The van der Waals surface area contributed by atoms with Gasteiger partial charge in [0.15, 0.2) is 0 Å². The summed E-state index contributed by atoms with van der Waals surface area (Å²) < 4.78 is 1.90. The molecule has 1 aliphatic heterocycles. The van der Waals surface area contributed by atoms with Crippen molar-refractivity contribution in [1.82, 2.24) is 25.0 Å². The van der Waals surface area contributed by atoms with E-state index in [0.717, 1.165) is 36.3 Å². The van der Waals surface area contributed by atoms with E-state index in [1.54, 1.807) is 0 Å². The standard InChI is InChI=1S/C18H25N5/c1-22-13-16(18(21-22)15-4-7-19-8-5-15)11-20-10-14-6-9-23(12-14)17-2-3-17/h4-5,7-8,13-14,17,20H,2-3,6,9-12H2,1H3. The number of aryl methyl sites for hydroxylation is 1. The molecule has 1 unspecified atom stereocenters. The number of nitrogens with one attached hydrogen (secondary N) is 1. The number of rotatable bonds is 6. The van der Waals surface area contributed by atoms with Gasteiger partial charge >= 0.3 is 0 Å². The fourth-order valence-electron chi connectivity index (χ4n) is 3.63. The van der Waals surface area contributed by atoms with Gasteiger partial charge in [0.25, 0.3) is 0 Å². The number of likely N-dealkylation sites (tertiary alicyclic amines) is 1. The Labute approximate surface area is 137 Å². The third kappa shape index (κ3) is 3.46. The van der Waals surface area contributed by atoms with Gasteiger partial charge in [0.1, 0.15) is 0 Å². The molecule has 2 aromatic rings. The molecule has 0 spiro atoms. The van der Waals surface area contributed by atoms with E-state index < -0.39 is 0 Å². The topological polar surface area (TPSA) is 46.0 Å². The van der Waals surface area contributed by atoms with Gasteiger partial charge in [-0.3, -0.25) is 9.67 Å². The first-order chi connectivity index (χ1) is 11.3. The fraction of sp³-hybridized carbons (Fsp3) is 0.556. The Morgan fingerprint density at radius 2 is 2.04 bits per heavy atom. The molecule has 0 radical (unpaired) electrons. The average Bonchev–Trinajstić information content (AvgIpc) is 3.20. The molecule has 5 nitrogen and oxygen atoms in total. The van der Waals surface area contributed by atoms with Crippen LogP contribution in [0.3, 0.4) is 0 Å². The maximum atomic E-state index is 4.62. The van der Waals surface area contributed by atoms with E-state index in [-0.39, 0.29) is 0 Å². The summed E-state index contributed by atoms with van der Waals surface area (Å²) in [6, 6.07) is 4.96. The van der Waals surface area contributed by atoms with Crippen molar-refractivity contribution in [2.24, 2.45) is 13.0 Å². The van der Waals surface area contributed by atoms with Crippen molar-refractivity contribution in [3.05, 3.63) is 36.3 Å². The van der Waals surface area contributed by atoms with E-state index >= 15 is 0 Å². The summed E-state index contributed by atoms with van der Waals surface area (Å²) in [6.07, 6.45) is 9.95. The molecule has 0 aromatic carbocycles. The van der Waals surface area contributed by atoms with Gasteiger partial charge in [0.2, 0.25) is 0 Å². The van der Waals surface area contributed by atoms with Crippen LogP contribution in [0.15, 0.2) is 30.7 Å². The van der Waals surface area contributed by atoms with Gasteiger partial charge in [-0.05, 0) is 50.4 Å². The van der Waals surface area contributed by atoms with E-state index in [0.29, 0.717) is 0 Å². The van der Waals surface area contributed by atoms with Crippen molar-refractivity contribution in [3.63, 3.8) is 0 Å². The second-order valence-corrected chi connectivity index (χ2v) is 6.92. The maximum absolute atomic E-state index is 4.62. The second-order valence-electron chi connectivity index (χ2n) is 6.92. The van der Waals surface area contributed by atoms with Crippen LogP contribution in [0.1, 0.15) is 24.8 Å². The van der Waals surface area contributed by atoms with E-state index in [4.69, 9.17) is 0 Å². The van der Waals surface area contributed by atoms with Crippen LogP contribution >= 0.6 is 0 Å². The minimum Gasteiger partial charge on any atom is -0.312 e. The highest BCUT2D eigenvalue weighted by Crippen LogP contribution is 2.31. The predicted octanol–water partition coefficient (Wildman–Crippen LogP) is 2.06. The van der Waals surface area contributed by atoms with E-state index in [2.05, 4.69) is 26.5 Å². The lowest BCUT2D eigenvalue weighted by Gasteiger charge is -2.15. The molecule has 1 atom stereocenters. The molecular formula is C18H25N5. The monoisotopic (exact) mass is 311 g/mol. The Morgan fingerprint density at radius 3 is 2.83 bits per heavy atom. The van der Waals surface area contributed by atoms with Gasteiger partial charge in [-0.25, -0.2) is 0 Å². The van der Waals surface area contributed by atoms with Crippen LogP contribution in [0.2, 0.25) is 0 Å². The highest BCUT2D eigenvalue weighted by atomic mass is 15.3. The van der Waals surface area contributed by atoms with Crippen molar-refractivity contribution in [3.8, 4) is 11.3 Å². The largest absolute Gasteiger partial charge is 0.312 e. The van der Waals surface area contributed by atoms with Crippen LogP contribution in [0.25, 0.3) is 11.3 Å². The summed E-state index contributed by atoms with van der Waals surface area (Å²) in [5.74, 6) is 0.802. The summed E-state index contributed by atoms with van der Waals surface area (Å²) in [7, 11) is 1.98. The van der Waals surface area contributed by atoms with Gasteiger partial charge in [0.05, 0.1) is 5.69 Å². The Kier molecular flexibility index (Phi) is 4.14. The van der Waals surface area contributed by atoms with Gasteiger partial charge in [0, 0.05) is 55.9 Å². The molecule has 1 saturated carbocycles. The first-order valence-electron chi connectivity index (χ1n) is 8.67. The summed E-state index contributed by atoms with van der Waals surface area (Å²) in [5, 5.41) is 8.27. The Morgan fingerprint density at radius 1 is 1.22 bits per heavy atom. The number of hydrogen-bond donors (Lipinski definition) is 1. The van der Waals surface area contributed by atoms with Crippen molar-refractivity contribution in [2.75, 3.05) is 19.6 Å². The molecule has 1 N–H and O–H groups in total. The van der Waals surface area contributed by atoms with Gasteiger partial charge in [-0.15, -0.1) is 0 Å². The summed E-state index contributed by atoms with van der Waals surface area (Å²) in [5.41, 5.74) is 3.46. The minimum absolute atomic E-state index is 0.802. The summed E-state index contributed by atoms with van der Waals surface area (Å²) >= 11 is 0. The molecule has 2 aromatic heterocycles. The van der Waals surface area contributed by atoms with Crippen LogP contribution in [0, 0.1) is 5.92 Å². The molecule has 122 valence electrons. The minimum atomic E-state index is 0.802. The number of pyridine rings is 1. The second kappa shape index (κ2) is 6.42. The molecular weight excluding hydrogens is 286 g/mol. The SMILES string of the molecule is Cn1cc(CNCC2CCN(C3CC3)C2)c(-c2ccncc2)n1. The Hall–Kier alpha value is -1.72. The smallest absolute Gasteiger partial charge is 0.0969 e. The molecule has 23 heavy (non-hydrogen) atoms. The molecule has 2 aliphatic rings. The number of hydrogen-bond acceptors (Lipinski definition) is 4. The molecule has 1 saturated heterocycles. The molecule has 0 amide bonds. The molecule has 2 fully saturated rings. The highest BCUT2D eigenvalue weighted by molar-refractivity contribution is 5.61. The number of aromatic nitrogens is 3. The van der Waals surface area contributed by atoms with Gasteiger partial charge in [-0.1, -0.05) is 0 Å². The normalized spacial score (nSPS) is 21.9. The fourth-order valence-corrected chi connectivity index (χ4v) is 3.63. The maximum Gasteiger partial charge on any atom is 0.0969 e. The lowest BCUT2D eigenvalue weighted by Crippen LogP contribution is -2.27. The Balaban J connectivity index is 1.34. The van der Waals surface area contributed by atoms with Crippen molar-refractivity contribution in [1.29, 1.82) is 0 Å². The first kappa shape index (κ1) is 14.8. The van der Waals surface area contributed by atoms with Crippen LogP contribution < -0.4 is 5.32 Å². The van der Waals surface area contributed by atoms with Gasteiger partial charge in [-0.2, -0.15) is 5.10 Å². The summed E-state index contributed by atoms with van der Waals surface area (Å²) in [6.45, 7) is 4.56. The van der Waals surface area contributed by atoms with E-state index in [9.17, 15) is 0 Å². The van der Waals surface area contributed by atoms with Crippen LogP contribution in [0.4, 0.5) is 0 Å². The molecule has 5 heteroatoms. The molecule has 4 rings (SSSR count). The van der Waals surface area contributed by atoms with E-state index in [1.165, 1.54) is 37.9 Å². The molecule has 0 bridgehead atoms. The zero-order chi connectivity index (χ0) is 15.6. The lowest BCUT2D eigenvalue weighted by molar-refractivity contribution is 0.312. The third-order valence-corrected chi connectivity index (χ3v) is 4.99. The van der Waals surface area contributed by atoms with Crippen LogP contribution in [-0.4, -0.2) is 45.3 Å². The zero-order valence-corrected chi connectivity index (χ0v) is 13.8. The first-order valence-corrected chi connectivity index (χ1v) is 8.67. The van der Waals surface area contributed by atoms with Crippen molar-refractivity contribution >= 4 is 0 Å². The quantitative estimate of drug-likeness (QED) is 0.887. The van der Waals surface area contributed by atoms with Crippen molar-refractivity contribution in [2.45, 2.75) is 31.8 Å². The van der Waals surface area contributed by atoms with Gasteiger partial charge < -0.3 is 10.2 Å². The predicted molar refractivity (Wildman–Crippen MR) is 90.8 cm³/mol. The summed E-state index contributed by atoms with van der Waals surface area (Å²) in [4.78, 5) is 6.77. The van der Waals surface area contributed by atoms with Crippen LogP contribution in [0.5, 0.6) is 0 Å². The van der Waals surface area contributed by atoms with Crippen molar-refractivity contribution < 1.29 is 0 Å². The number of nitrogens with zero attached hydrogens (tertiary/aromatic N) is 4. The molecule has 3 heterocycles. The van der Waals surface area contributed by atoms with Crippen LogP contribution in [-0.2, 0) is 13.6 Å². The Bertz CT molecular complexity index is 647. The third-order valence-electron chi connectivity index (χ3n) is 4.99. The highest BCUT2D eigenvalue weighted by Gasteiger charge is 2.34. The van der Waals surface area contributed by atoms with E-state index in [1.807, 2.05) is 36.3 Å². The molecule has 1 aliphatic carbocycles. The zero-order valence-electron chi connectivity index (χ0n) is 13.8.